The van der Waals surface area contributed by atoms with Gasteiger partial charge in [0.2, 0.25) is 0 Å². The number of nitrogens with zero attached hydrogens (tertiary/aromatic N) is 4. The average Bonchev–Trinajstić information content (AvgIpc) is 3.32. The van der Waals surface area contributed by atoms with Gasteiger partial charge >= 0.3 is 0 Å². The zero-order valence-electron chi connectivity index (χ0n) is 18.0. The Morgan fingerprint density at radius 3 is 2.69 bits per heavy atom. The van der Waals surface area contributed by atoms with Crippen LogP contribution in [0, 0.1) is 16.0 Å². The van der Waals surface area contributed by atoms with Gasteiger partial charge in [0.25, 0.3) is 11.6 Å². The molecule has 1 fully saturated rings. The molecule has 1 saturated heterocycles. The SMILES string of the molecule is CC1CCN(c2ccc(C(=O)N(Cc3cccnc3)Cc3ccco3)cc2[N+](=O)[O-])CC1. The van der Waals surface area contributed by atoms with Gasteiger partial charge in [-0.05, 0) is 54.7 Å². The highest BCUT2D eigenvalue weighted by Gasteiger charge is 2.26. The van der Waals surface area contributed by atoms with Crippen molar-refractivity contribution in [1.29, 1.82) is 0 Å². The van der Waals surface area contributed by atoms with Crippen LogP contribution in [0.5, 0.6) is 0 Å². The summed E-state index contributed by atoms with van der Waals surface area (Å²) in [5.74, 6) is 0.955. The van der Waals surface area contributed by atoms with E-state index in [0.29, 0.717) is 23.9 Å². The van der Waals surface area contributed by atoms with E-state index >= 15 is 0 Å². The Kier molecular flexibility index (Phi) is 6.49. The minimum Gasteiger partial charge on any atom is -0.467 e. The zero-order chi connectivity index (χ0) is 22.5. The van der Waals surface area contributed by atoms with E-state index in [0.717, 1.165) is 31.5 Å². The fraction of sp³-hybridized carbons (Fsp3) is 0.333. The number of aromatic nitrogens is 1. The second kappa shape index (κ2) is 9.64. The van der Waals surface area contributed by atoms with Crippen molar-refractivity contribution in [3.63, 3.8) is 0 Å². The molecule has 4 rings (SSSR count). The van der Waals surface area contributed by atoms with Crippen molar-refractivity contribution in [2.24, 2.45) is 5.92 Å². The molecule has 1 aliphatic heterocycles. The molecule has 2 aromatic heterocycles. The van der Waals surface area contributed by atoms with Crippen LogP contribution in [-0.4, -0.2) is 33.8 Å². The highest BCUT2D eigenvalue weighted by molar-refractivity contribution is 5.95. The Morgan fingerprint density at radius 2 is 2.03 bits per heavy atom. The van der Waals surface area contributed by atoms with Crippen LogP contribution >= 0.6 is 0 Å². The van der Waals surface area contributed by atoms with Crippen molar-refractivity contribution >= 4 is 17.3 Å². The standard InChI is InChI=1S/C24H26N4O4/c1-18-8-11-26(12-9-18)22-7-6-20(14-23(22)28(30)31)24(29)27(17-21-5-3-13-32-21)16-19-4-2-10-25-15-19/h2-7,10,13-15,18H,8-9,11-12,16-17H2,1H3. The van der Waals surface area contributed by atoms with Gasteiger partial charge in [-0.3, -0.25) is 19.9 Å². The minimum atomic E-state index is -0.401. The predicted molar refractivity (Wildman–Crippen MR) is 120 cm³/mol. The summed E-state index contributed by atoms with van der Waals surface area (Å²) in [5, 5.41) is 11.9. The van der Waals surface area contributed by atoms with Crippen molar-refractivity contribution in [1.82, 2.24) is 9.88 Å². The molecule has 0 spiro atoms. The van der Waals surface area contributed by atoms with Crippen LogP contribution in [0.25, 0.3) is 0 Å². The van der Waals surface area contributed by atoms with Crippen LogP contribution in [0.3, 0.4) is 0 Å². The monoisotopic (exact) mass is 434 g/mol. The number of anilines is 1. The Bertz CT molecular complexity index is 1060. The number of benzene rings is 1. The van der Waals surface area contributed by atoms with Gasteiger partial charge in [-0.25, -0.2) is 0 Å². The molecule has 1 aliphatic rings. The number of pyridine rings is 1. The van der Waals surface area contributed by atoms with Crippen LogP contribution in [0.2, 0.25) is 0 Å². The topological polar surface area (TPSA) is 92.7 Å². The van der Waals surface area contributed by atoms with E-state index in [1.165, 1.54) is 6.07 Å². The molecular formula is C24H26N4O4. The third kappa shape index (κ3) is 4.96. The molecule has 8 heteroatoms. The molecule has 0 N–H and O–H groups in total. The van der Waals surface area contributed by atoms with Crippen LogP contribution in [0.15, 0.2) is 65.5 Å². The molecule has 166 valence electrons. The fourth-order valence-electron chi connectivity index (χ4n) is 4.00. The van der Waals surface area contributed by atoms with Crippen LogP contribution in [0.4, 0.5) is 11.4 Å². The van der Waals surface area contributed by atoms with Crippen molar-refractivity contribution in [3.05, 3.63) is 88.1 Å². The summed E-state index contributed by atoms with van der Waals surface area (Å²) in [6.45, 7) is 4.32. The number of nitro benzene ring substituents is 1. The van der Waals surface area contributed by atoms with Gasteiger partial charge in [0.05, 0.1) is 17.7 Å². The van der Waals surface area contributed by atoms with Crippen molar-refractivity contribution in [2.45, 2.75) is 32.9 Å². The van der Waals surface area contributed by atoms with E-state index in [1.807, 2.05) is 17.0 Å². The summed E-state index contributed by atoms with van der Waals surface area (Å²) >= 11 is 0. The molecule has 0 bridgehead atoms. The fourth-order valence-corrected chi connectivity index (χ4v) is 4.00. The van der Waals surface area contributed by atoms with Crippen LogP contribution < -0.4 is 4.90 Å². The lowest BCUT2D eigenvalue weighted by molar-refractivity contribution is -0.384. The van der Waals surface area contributed by atoms with Gasteiger partial charge < -0.3 is 14.2 Å². The van der Waals surface area contributed by atoms with Gasteiger partial charge in [0, 0.05) is 43.7 Å². The Balaban J connectivity index is 1.62. The molecule has 8 nitrogen and oxygen atoms in total. The van der Waals surface area contributed by atoms with E-state index in [-0.39, 0.29) is 23.7 Å². The number of furan rings is 1. The van der Waals surface area contributed by atoms with Crippen LogP contribution in [0.1, 0.15) is 41.4 Å². The maximum absolute atomic E-state index is 13.4. The molecule has 0 radical (unpaired) electrons. The summed E-state index contributed by atoms with van der Waals surface area (Å²) in [4.78, 5) is 32.6. The third-order valence-electron chi connectivity index (χ3n) is 5.85. The van der Waals surface area contributed by atoms with Gasteiger partial charge in [-0.1, -0.05) is 13.0 Å². The maximum Gasteiger partial charge on any atom is 0.293 e. The Morgan fingerprint density at radius 1 is 1.22 bits per heavy atom. The number of carbonyl (C=O) groups is 1. The molecular weight excluding hydrogens is 408 g/mol. The first-order valence-electron chi connectivity index (χ1n) is 10.7. The lowest BCUT2D eigenvalue weighted by Gasteiger charge is -2.32. The number of hydrogen-bond donors (Lipinski definition) is 0. The van der Waals surface area contributed by atoms with Crippen molar-refractivity contribution in [3.8, 4) is 0 Å². The number of nitro groups is 1. The normalized spacial score (nSPS) is 14.3. The second-order valence-electron chi connectivity index (χ2n) is 8.23. The van der Waals surface area contributed by atoms with Crippen LogP contribution in [-0.2, 0) is 13.1 Å². The number of carbonyl (C=O) groups excluding carboxylic acids is 1. The zero-order valence-corrected chi connectivity index (χ0v) is 18.0. The number of piperidine rings is 1. The highest BCUT2D eigenvalue weighted by atomic mass is 16.6. The molecule has 0 atom stereocenters. The van der Waals surface area contributed by atoms with E-state index in [1.54, 1.807) is 47.8 Å². The van der Waals surface area contributed by atoms with Crippen molar-refractivity contribution < 1.29 is 14.1 Å². The summed E-state index contributed by atoms with van der Waals surface area (Å²) in [7, 11) is 0. The summed E-state index contributed by atoms with van der Waals surface area (Å²) in [6, 6.07) is 12.0. The predicted octanol–water partition coefficient (Wildman–Crippen LogP) is 4.66. The molecule has 1 amide bonds. The molecule has 3 heterocycles. The summed E-state index contributed by atoms with van der Waals surface area (Å²) in [6.07, 6.45) is 6.93. The van der Waals surface area contributed by atoms with E-state index < -0.39 is 4.92 Å². The quantitative estimate of drug-likeness (QED) is 0.397. The van der Waals surface area contributed by atoms with Gasteiger partial charge in [-0.15, -0.1) is 0 Å². The first-order chi connectivity index (χ1) is 15.5. The Labute approximate surface area is 186 Å². The van der Waals surface area contributed by atoms with E-state index in [9.17, 15) is 14.9 Å². The first-order valence-corrected chi connectivity index (χ1v) is 10.7. The molecule has 1 aromatic carbocycles. The number of amides is 1. The molecule has 0 saturated carbocycles. The maximum atomic E-state index is 13.4. The van der Waals surface area contributed by atoms with Crippen molar-refractivity contribution in [2.75, 3.05) is 18.0 Å². The summed E-state index contributed by atoms with van der Waals surface area (Å²) < 4.78 is 5.43. The largest absolute Gasteiger partial charge is 0.467 e. The second-order valence-corrected chi connectivity index (χ2v) is 8.23. The third-order valence-corrected chi connectivity index (χ3v) is 5.85. The Hall–Kier alpha value is -3.68. The average molecular weight is 434 g/mol. The molecule has 0 unspecified atom stereocenters. The molecule has 0 aliphatic carbocycles. The summed E-state index contributed by atoms with van der Waals surface area (Å²) in [5.41, 5.74) is 1.68. The minimum absolute atomic E-state index is 0.0373. The lowest BCUT2D eigenvalue weighted by Crippen LogP contribution is -2.33. The number of hydrogen-bond acceptors (Lipinski definition) is 6. The highest BCUT2D eigenvalue weighted by Crippen LogP contribution is 2.33. The molecule has 32 heavy (non-hydrogen) atoms. The number of rotatable bonds is 7. The van der Waals surface area contributed by atoms with E-state index in [4.69, 9.17) is 4.42 Å². The molecule has 3 aromatic rings. The van der Waals surface area contributed by atoms with Gasteiger partial charge in [0.15, 0.2) is 0 Å². The van der Waals surface area contributed by atoms with Gasteiger partial charge in [-0.2, -0.15) is 0 Å². The first kappa shape index (κ1) is 21.5. The van der Waals surface area contributed by atoms with Gasteiger partial charge in [0.1, 0.15) is 11.4 Å². The smallest absolute Gasteiger partial charge is 0.293 e. The van der Waals surface area contributed by atoms with E-state index in [2.05, 4.69) is 11.9 Å². The lowest BCUT2D eigenvalue weighted by atomic mass is 9.98.